The Morgan fingerprint density at radius 3 is 2.79 bits per heavy atom. The predicted octanol–water partition coefficient (Wildman–Crippen LogP) is 5.11. The average Bonchev–Trinajstić information content (AvgIpc) is 2.76. The number of fused-ring (bicyclic) bond motifs is 1. The highest BCUT2D eigenvalue weighted by atomic mass is 19.3. The van der Waals surface area contributed by atoms with E-state index in [1.165, 1.54) is 12.1 Å². The Kier molecular flexibility index (Phi) is 6.32. The van der Waals surface area contributed by atoms with Gasteiger partial charge in [-0.1, -0.05) is 24.8 Å². The molecule has 0 radical (unpaired) electrons. The van der Waals surface area contributed by atoms with Crippen LogP contribution in [0.3, 0.4) is 0 Å². The number of pyridine rings is 1. The molecule has 4 rings (SSSR count). The SMILES string of the molecule is C=C(/C(C)=C\c1nc(C)cc(=O)[nH]1)N1CCc2ncc(-c3ccccc3OC(C)(F)F)cc2C1. The first-order chi connectivity index (χ1) is 16.1. The summed E-state index contributed by atoms with van der Waals surface area (Å²) in [6.45, 7) is 9.97. The van der Waals surface area contributed by atoms with Crippen molar-refractivity contribution >= 4 is 6.08 Å². The molecular formula is C26H26F2N4O2. The number of aryl methyl sites for hydroxylation is 1. The fourth-order valence-corrected chi connectivity index (χ4v) is 4.00. The highest BCUT2D eigenvalue weighted by Crippen LogP contribution is 2.34. The Balaban J connectivity index is 1.58. The summed E-state index contributed by atoms with van der Waals surface area (Å²) < 4.78 is 31.9. The molecule has 3 aromatic rings. The number of H-pyrrole nitrogens is 1. The molecule has 1 aromatic carbocycles. The molecule has 1 N–H and O–H groups in total. The summed E-state index contributed by atoms with van der Waals surface area (Å²) in [6, 6.07) is 10.1. The lowest BCUT2D eigenvalue weighted by atomic mass is 9.99. The normalized spacial score (nSPS) is 14.0. The number of benzene rings is 1. The fraction of sp³-hybridized carbons (Fsp3) is 0.269. The topological polar surface area (TPSA) is 71.1 Å². The van der Waals surface area contributed by atoms with Crippen LogP contribution in [-0.4, -0.2) is 32.5 Å². The summed E-state index contributed by atoms with van der Waals surface area (Å²) in [4.78, 5) is 25.5. The molecule has 2 aromatic heterocycles. The summed E-state index contributed by atoms with van der Waals surface area (Å²) in [7, 11) is 0. The van der Waals surface area contributed by atoms with Gasteiger partial charge in [-0.05, 0) is 43.2 Å². The molecule has 0 fully saturated rings. The zero-order chi connectivity index (χ0) is 24.5. The molecule has 176 valence electrons. The third-order valence-corrected chi connectivity index (χ3v) is 5.61. The lowest BCUT2D eigenvalue weighted by Crippen LogP contribution is -2.30. The molecule has 3 heterocycles. The van der Waals surface area contributed by atoms with Crippen LogP contribution in [0.2, 0.25) is 0 Å². The molecule has 8 heteroatoms. The quantitative estimate of drug-likeness (QED) is 0.514. The van der Waals surface area contributed by atoms with Crippen molar-refractivity contribution in [1.29, 1.82) is 0 Å². The van der Waals surface area contributed by atoms with Gasteiger partial charge in [0.05, 0.1) is 0 Å². The monoisotopic (exact) mass is 464 g/mol. The highest BCUT2D eigenvalue weighted by molar-refractivity contribution is 5.70. The Morgan fingerprint density at radius 1 is 1.29 bits per heavy atom. The van der Waals surface area contributed by atoms with Crippen LogP contribution in [0.5, 0.6) is 5.75 Å². The maximum atomic E-state index is 13.5. The number of rotatable bonds is 6. The number of ether oxygens (including phenoxy) is 1. The first-order valence-corrected chi connectivity index (χ1v) is 10.9. The second-order valence-corrected chi connectivity index (χ2v) is 8.45. The van der Waals surface area contributed by atoms with Gasteiger partial charge in [-0.25, -0.2) is 4.98 Å². The summed E-state index contributed by atoms with van der Waals surface area (Å²) in [5, 5.41) is 0. The predicted molar refractivity (Wildman–Crippen MR) is 127 cm³/mol. The minimum atomic E-state index is -3.29. The minimum absolute atomic E-state index is 0.104. The van der Waals surface area contributed by atoms with Crippen molar-refractivity contribution < 1.29 is 13.5 Å². The molecular weight excluding hydrogens is 438 g/mol. The van der Waals surface area contributed by atoms with Crippen molar-refractivity contribution in [3.8, 4) is 16.9 Å². The molecule has 0 unspecified atom stereocenters. The van der Waals surface area contributed by atoms with Crippen molar-refractivity contribution in [2.45, 2.75) is 39.8 Å². The van der Waals surface area contributed by atoms with Gasteiger partial charge in [0.2, 0.25) is 0 Å². The second kappa shape index (κ2) is 9.21. The van der Waals surface area contributed by atoms with Crippen molar-refractivity contribution in [2.24, 2.45) is 0 Å². The molecule has 0 saturated heterocycles. The number of halogens is 2. The number of aromatic nitrogens is 3. The van der Waals surface area contributed by atoms with E-state index < -0.39 is 6.11 Å². The number of allylic oxidation sites excluding steroid dienone is 1. The van der Waals surface area contributed by atoms with Gasteiger partial charge in [0.1, 0.15) is 11.6 Å². The molecule has 6 nitrogen and oxygen atoms in total. The van der Waals surface area contributed by atoms with Crippen LogP contribution in [0.15, 0.2) is 65.2 Å². The van der Waals surface area contributed by atoms with Crippen LogP contribution in [0.4, 0.5) is 8.78 Å². The van der Waals surface area contributed by atoms with Crippen molar-refractivity contribution in [2.75, 3.05) is 6.54 Å². The van der Waals surface area contributed by atoms with Crippen LogP contribution >= 0.6 is 0 Å². The lowest BCUT2D eigenvalue weighted by molar-refractivity contribution is -0.158. The van der Waals surface area contributed by atoms with Crippen LogP contribution in [0.1, 0.15) is 36.6 Å². The van der Waals surface area contributed by atoms with Gasteiger partial charge < -0.3 is 14.6 Å². The molecule has 0 spiro atoms. The minimum Gasteiger partial charge on any atom is -0.432 e. The Hall–Kier alpha value is -3.81. The van der Waals surface area contributed by atoms with Crippen LogP contribution in [0.25, 0.3) is 17.2 Å². The van der Waals surface area contributed by atoms with E-state index in [9.17, 15) is 13.6 Å². The van der Waals surface area contributed by atoms with Gasteiger partial charge in [-0.15, -0.1) is 0 Å². The fourth-order valence-electron chi connectivity index (χ4n) is 4.00. The molecule has 0 saturated carbocycles. The van der Waals surface area contributed by atoms with Gasteiger partial charge >= 0.3 is 6.11 Å². The number of hydrogen-bond donors (Lipinski definition) is 1. The van der Waals surface area contributed by atoms with Gasteiger partial charge in [0, 0.05) is 66.9 Å². The number of aromatic amines is 1. The van der Waals surface area contributed by atoms with E-state index in [-0.39, 0.29) is 11.3 Å². The van der Waals surface area contributed by atoms with E-state index in [0.717, 1.165) is 42.4 Å². The zero-order valence-electron chi connectivity index (χ0n) is 19.4. The van der Waals surface area contributed by atoms with E-state index >= 15 is 0 Å². The van der Waals surface area contributed by atoms with Crippen LogP contribution < -0.4 is 10.3 Å². The zero-order valence-corrected chi connectivity index (χ0v) is 19.4. The number of nitrogens with zero attached hydrogens (tertiary/aromatic N) is 3. The third-order valence-electron chi connectivity index (χ3n) is 5.61. The largest absolute Gasteiger partial charge is 0.432 e. The maximum Gasteiger partial charge on any atom is 0.394 e. The van der Waals surface area contributed by atoms with Crippen molar-refractivity contribution in [1.82, 2.24) is 19.9 Å². The first-order valence-electron chi connectivity index (χ1n) is 10.9. The van der Waals surface area contributed by atoms with Crippen molar-refractivity contribution in [3.05, 3.63) is 93.6 Å². The van der Waals surface area contributed by atoms with E-state index in [4.69, 9.17) is 4.74 Å². The molecule has 0 atom stereocenters. The second-order valence-electron chi connectivity index (χ2n) is 8.45. The number of alkyl halides is 2. The smallest absolute Gasteiger partial charge is 0.394 e. The van der Waals surface area contributed by atoms with Gasteiger partial charge in [0.15, 0.2) is 0 Å². The number of para-hydroxylation sites is 1. The summed E-state index contributed by atoms with van der Waals surface area (Å²) in [6.07, 6.45) is 0.947. The van der Waals surface area contributed by atoms with E-state index in [0.29, 0.717) is 29.2 Å². The maximum absolute atomic E-state index is 13.5. The Labute approximate surface area is 196 Å². The lowest BCUT2D eigenvalue weighted by Gasteiger charge is -2.32. The van der Waals surface area contributed by atoms with E-state index in [1.807, 2.05) is 13.0 Å². The molecule has 1 aliphatic heterocycles. The summed E-state index contributed by atoms with van der Waals surface area (Å²) in [5.41, 5.74) is 5.37. The van der Waals surface area contributed by atoms with E-state index in [1.54, 1.807) is 37.4 Å². The van der Waals surface area contributed by atoms with Gasteiger partial charge in [-0.3, -0.25) is 9.78 Å². The Bertz CT molecular complexity index is 1320. The molecule has 1 aliphatic rings. The summed E-state index contributed by atoms with van der Waals surface area (Å²) in [5.74, 6) is 0.585. The van der Waals surface area contributed by atoms with E-state index in [2.05, 4.69) is 26.4 Å². The number of hydrogen-bond acceptors (Lipinski definition) is 5. The van der Waals surface area contributed by atoms with Crippen LogP contribution in [0, 0.1) is 6.92 Å². The number of nitrogens with one attached hydrogen (secondary N) is 1. The van der Waals surface area contributed by atoms with Crippen LogP contribution in [-0.2, 0) is 13.0 Å². The molecule has 0 aliphatic carbocycles. The summed E-state index contributed by atoms with van der Waals surface area (Å²) >= 11 is 0. The Morgan fingerprint density at radius 2 is 2.06 bits per heavy atom. The van der Waals surface area contributed by atoms with Gasteiger partial charge in [-0.2, -0.15) is 8.78 Å². The first kappa shape index (κ1) is 23.4. The third kappa shape index (κ3) is 5.39. The molecule has 0 amide bonds. The van der Waals surface area contributed by atoms with Gasteiger partial charge in [0.25, 0.3) is 5.56 Å². The average molecular weight is 465 g/mol. The highest BCUT2D eigenvalue weighted by Gasteiger charge is 2.25. The molecule has 0 bridgehead atoms. The van der Waals surface area contributed by atoms with Crippen molar-refractivity contribution in [3.63, 3.8) is 0 Å². The standard InChI is InChI=1S/C26H26F2N4O2/c1-16(11-24-30-17(2)12-25(33)31-24)18(3)32-10-9-22-20(15-32)13-19(14-29-22)21-7-5-6-8-23(21)34-26(4,27)28/h5-8,11-14H,3,9-10,15H2,1-2,4H3,(H,30,31,33)/b16-11-. The molecule has 34 heavy (non-hydrogen) atoms.